The molecule has 1 N–H and O–H groups in total. The molecule has 0 aliphatic heterocycles. The minimum absolute atomic E-state index is 0.486. The number of hydrogen-bond acceptors (Lipinski definition) is 4. The lowest BCUT2D eigenvalue weighted by Gasteiger charge is -2.13. The van der Waals surface area contributed by atoms with E-state index in [4.69, 9.17) is 4.74 Å². The first kappa shape index (κ1) is 16.9. The van der Waals surface area contributed by atoms with Crippen LogP contribution in [0, 0.1) is 5.92 Å². The van der Waals surface area contributed by atoms with Gasteiger partial charge in [-0.1, -0.05) is 31.1 Å². The van der Waals surface area contributed by atoms with Crippen LogP contribution in [0.25, 0.3) is 0 Å². The normalized spacial score (nSPS) is 11.6. The zero-order chi connectivity index (χ0) is 16.8. The van der Waals surface area contributed by atoms with Crippen molar-refractivity contribution in [1.82, 2.24) is 0 Å². The SMILES string of the molecule is CC(C)COc1ccc(/C(=N/O)c2ccc(N(C)C)cc2)cc1. The van der Waals surface area contributed by atoms with Gasteiger partial charge in [0.2, 0.25) is 0 Å². The Morgan fingerprint density at radius 2 is 1.52 bits per heavy atom. The van der Waals surface area contributed by atoms with Gasteiger partial charge in [0.25, 0.3) is 0 Å². The smallest absolute Gasteiger partial charge is 0.119 e. The summed E-state index contributed by atoms with van der Waals surface area (Å²) in [5.41, 5.74) is 3.37. The first-order valence-electron chi connectivity index (χ1n) is 7.74. The standard InChI is InChI=1S/C19H24N2O2/c1-14(2)13-23-18-11-7-16(8-12-18)19(20-22)15-5-9-17(10-6-15)21(3)4/h5-12,14,22H,13H2,1-4H3/b20-19+. The predicted molar refractivity (Wildman–Crippen MR) is 95.0 cm³/mol. The Kier molecular flexibility index (Phi) is 5.63. The molecule has 4 nitrogen and oxygen atoms in total. The van der Waals surface area contributed by atoms with Crippen molar-refractivity contribution in [3.63, 3.8) is 0 Å². The molecule has 0 amide bonds. The van der Waals surface area contributed by atoms with E-state index < -0.39 is 0 Å². The molecule has 122 valence electrons. The first-order chi connectivity index (χ1) is 11.0. The molecule has 23 heavy (non-hydrogen) atoms. The van der Waals surface area contributed by atoms with E-state index in [9.17, 15) is 5.21 Å². The van der Waals surface area contributed by atoms with E-state index in [0.29, 0.717) is 18.2 Å². The Morgan fingerprint density at radius 3 is 1.96 bits per heavy atom. The van der Waals surface area contributed by atoms with Crippen molar-refractivity contribution in [2.75, 3.05) is 25.6 Å². The second kappa shape index (κ2) is 7.68. The lowest BCUT2D eigenvalue weighted by molar-refractivity contribution is 0.271. The highest BCUT2D eigenvalue weighted by molar-refractivity contribution is 6.12. The van der Waals surface area contributed by atoms with Crippen molar-refractivity contribution in [1.29, 1.82) is 0 Å². The van der Waals surface area contributed by atoms with Gasteiger partial charge in [-0.3, -0.25) is 0 Å². The zero-order valence-electron chi connectivity index (χ0n) is 14.2. The molecule has 2 aromatic rings. The molecule has 0 atom stereocenters. The minimum Gasteiger partial charge on any atom is -0.493 e. The van der Waals surface area contributed by atoms with Crippen molar-refractivity contribution >= 4 is 11.4 Å². The van der Waals surface area contributed by atoms with Crippen LogP contribution in [0.2, 0.25) is 0 Å². The van der Waals surface area contributed by atoms with Gasteiger partial charge in [0.1, 0.15) is 11.5 Å². The third-order valence-corrected chi connectivity index (χ3v) is 3.47. The van der Waals surface area contributed by atoms with Gasteiger partial charge in [-0.25, -0.2) is 0 Å². The molecule has 0 spiro atoms. The van der Waals surface area contributed by atoms with Crippen molar-refractivity contribution in [2.24, 2.45) is 11.1 Å². The molecule has 2 rings (SSSR count). The van der Waals surface area contributed by atoms with Gasteiger partial charge in [0, 0.05) is 30.9 Å². The van der Waals surface area contributed by atoms with Crippen LogP contribution in [0.15, 0.2) is 53.7 Å². The summed E-state index contributed by atoms with van der Waals surface area (Å²) < 4.78 is 5.68. The van der Waals surface area contributed by atoms with Crippen molar-refractivity contribution in [3.05, 3.63) is 59.7 Å². The number of nitrogens with zero attached hydrogens (tertiary/aromatic N) is 2. The third kappa shape index (κ3) is 4.49. The van der Waals surface area contributed by atoms with Crippen LogP contribution in [0.3, 0.4) is 0 Å². The Balaban J connectivity index is 2.17. The lowest BCUT2D eigenvalue weighted by Crippen LogP contribution is -2.09. The number of oxime groups is 1. The van der Waals surface area contributed by atoms with E-state index in [2.05, 4.69) is 19.0 Å². The minimum atomic E-state index is 0.486. The Hall–Kier alpha value is -2.49. The van der Waals surface area contributed by atoms with Crippen molar-refractivity contribution in [2.45, 2.75) is 13.8 Å². The molecule has 4 heteroatoms. The molecule has 0 unspecified atom stereocenters. The summed E-state index contributed by atoms with van der Waals surface area (Å²) in [7, 11) is 3.98. The van der Waals surface area contributed by atoms with E-state index >= 15 is 0 Å². The third-order valence-electron chi connectivity index (χ3n) is 3.47. The maximum Gasteiger partial charge on any atom is 0.119 e. The summed E-state index contributed by atoms with van der Waals surface area (Å²) in [5.74, 6) is 1.31. The predicted octanol–water partition coefficient (Wildman–Crippen LogP) is 4.01. The molecule has 0 radical (unpaired) electrons. The lowest BCUT2D eigenvalue weighted by atomic mass is 10.0. The van der Waals surface area contributed by atoms with Crippen molar-refractivity contribution < 1.29 is 9.94 Å². The summed E-state index contributed by atoms with van der Waals surface area (Å²) in [5, 5.41) is 12.9. The van der Waals surface area contributed by atoms with Gasteiger partial charge >= 0.3 is 0 Å². The maximum atomic E-state index is 9.40. The maximum absolute atomic E-state index is 9.40. The van der Waals surface area contributed by atoms with Crippen molar-refractivity contribution in [3.8, 4) is 5.75 Å². The molecule has 0 saturated heterocycles. The van der Waals surface area contributed by atoms with Crippen LogP contribution < -0.4 is 9.64 Å². The average Bonchev–Trinajstić information content (AvgIpc) is 2.55. The molecule has 2 aromatic carbocycles. The monoisotopic (exact) mass is 312 g/mol. The number of ether oxygens (including phenoxy) is 1. The summed E-state index contributed by atoms with van der Waals surface area (Å²) in [4.78, 5) is 2.03. The largest absolute Gasteiger partial charge is 0.493 e. The summed E-state index contributed by atoms with van der Waals surface area (Å²) in [6, 6.07) is 15.5. The van der Waals surface area contributed by atoms with Gasteiger partial charge in [-0.05, 0) is 42.3 Å². The topological polar surface area (TPSA) is 45.1 Å². The van der Waals surface area contributed by atoms with E-state index in [1.54, 1.807) is 0 Å². The van der Waals surface area contributed by atoms with Gasteiger partial charge in [-0.2, -0.15) is 0 Å². The van der Waals surface area contributed by atoms with Crippen LogP contribution in [0.1, 0.15) is 25.0 Å². The fourth-order valence-corrected chi connectivity index (χ4v) is 2.17. The van der Waals surface area contributed by atoms with Crippen LogP contribution in [0.5, 0.6) is 5.75 Å². The molecule has 0 aromatic heterocycles. The number of rotatable bonds is 6. The summed E-state index contributed by atoms with van der Waals surface area (Å²) in [6.45, 7) is 4.91. The fraction of sp³-hybridized carbons (Fsp3) is 0.316. The molecule has 0 saturated carbocycles. The van der Waals surface area contributed by atoms with E-state index in [-0.39, 0.29) is 0 Å². The van der Waals surface area contributed by atoms with Gasteiger partial charge in [0.15, 0.2) is 0 Å². The second-order valence-corrected chi connectivity index (χ2v) is 6.12. The average molecular weight is 312 g/mol. The van der Waals surface area contributed by atoms with E-state index in [1.165, 1.54) is 0 Å². The number of hydrogen-bond donors (Lipinski definition) is 1. The highest BCUT2D eigenvalue weighted by Crippen LogP contribution is 2.19. The second-order valence-electron chi connectivity index (χ2n) is 6.12. The quantitative estimate of drug-likeness (QED) is 0.498. The fourth-order valence-electron chi connectivity index (χ4n) is 2.17. The van der Waals surface area contributed by atoms with Crippen LogP contribution in [-0.2, 0) is 0 Å². The van der Waals surface area contributed by atoms with Crippen LogP contribution >= 0.6 is 0 Å². The highest BCUT2D eigenvalue weighted by Gasteiger charge is 2.09. The summed E-state index contributed by atoms with van der Waals surface area (Å²) in [6.07, 6.45) is 0. The molecule has 0 aliphatic rings. The van der Waals surface area contributed by atoms with Gasteiger partial charge < -0.3 is 14.8 Å². The summed E-state index contributed by atoms with van der Waals surface area (Å²) >= 11 is 0. The molecule has 0 aliphatic carbocycles. The Morgan fingerprint density at radius 1 is 1.00 bits per heavy atom. The van der Waals surface area contributed by atoms with E-state index in [1.807, 2.05) is 67.5 Å². The molecule has 0 heterocycles. The Bertz CT molecular complexity index is 644. The molecular weight excluding hydrogens is 288 g/mol. The first-order valence-corrected chi connectivity index (χ1v) is 7.74. The van der Waals surface area contributed by atoms with Gasteiger partial charge in [-0.15, -0.1) is 0 Å². The number of benzene rings is 2. The van der Waals surface area contributed by atoms with Crippen LogP contribution in [0.4, 0.5) is 5.69 Å². The number of anilines is 1. The highest BCUT2D eigenvalue weighted by atomic mass is 16.5. The van der Waals surface area contributed by atoms with Gasteiger partial charge in [0.05, 0.1) is 6.61 Å². The van der Waals surface area contributed by atoms with Crippen LogP contribution in [-0.4, -0.2) is 31.6 Å². The molecule has 0 fully saturated rings. The molecule has 0 bridgehead atoms. The Labute approximate surface area is 138 Å². The molecular formula is C19H24N2O2. The zero-order valence-corrected chi connectivity index (χ0v) is 14.2. The van der Waals surface area contributed by atoms with E-state index in [0.717, 1.165) is 22.6 Å².